The van der Waals surface area contributed by atoms with Gasteiger partial charge < -0.3 is 14.3 Å². The second kappa shape index (κ2) is 8.00. The Morgan fingerprint density at radius 1 is 1.12 bits per heavy atom. The maximum absolute atomic E-state index is 10.7. The summed E-state index contributed by atoms with van der Waals surface area (Å²) in [5.74, 6) is 2.14. The minimum absolute atomic E-state index is 0.187. The summed E-state index contributed by atoms with van der Waals surface area (Å²) in [5, 5.41) is 0.991. The highest BCUT2D eigenvalue weighted by atomic mass is 16.5. The van der Waals surface area contributed by atoms with E-state index in [1.165, 1.54) is 0 Å². The highest BCUT2D eigenvalue weighted by Crippen LogP contribution is 2.29. The Bertz CT molecular complexity index is 920. The molecule has 1 atom stereocenters. The summed E-state index contributed by atoms with van der Waals surface area (Å²) < 4.78 is 11.8. The van der Waals surface area contributed by atoms with Crippen LogP contribution in [0.2, 0.25) is 0 Å². The quantitative estimate of drug-likeness (QED) is 0.546. The SMILES string of the molecule is CCC(C)Oc1ccc(Oc2ccc3cc(CC=O)ccc3n2)c(C)c1. The van der Waals surface area contributed by atoms with Gasteiger partial charge >= 0.3 is 0 Å². The fourth-order valence-electron chi connectivity index (χ4n) is 2.67. The maximum atomic E-state index is 10.7. The summed E-state index contributed by atoms with van der Waals surface area (Å²) in [4.78, 5) is 15.2. The van der Waals surface area contributed by atoms with E-state index in [2.05, 4.69) is 18.8 Å². The topological polar surface area (TPSA) is 48.4 Å². The zero-order valence-electron chi connectivity index (χ0n) is 15.4. The normalized spacial score (nSPS) is 12.0. The van der Waals surface area contributed by atoms with Crippen LogP contribution in [0.1, 0.15) is 31.4 Å². The molecule has 0 N–H and O–H groups in total. The molecule has 3 aromatic rings. The maximum Gasteiger partial charge on any atom is 0.219 e. The molecule has 1 aromatic heterocycles. The molecule has 0 bridgehead atoms. The second-order valence-electron chi connectivity index (χ2n) is 6.41. The van der Waals surface area contributed by atoms with Gasteiger partial charge in [-0.1, -0.05) is 13.0 Å². The predicted molar refractivity (Wildman–Crippen MR) is 103 cm³/mol. The lowest BCUT2D eigenvalue weighted by Gasteiger charge is -2.14. The van der Waals surface area contributed by atoms with Gasteiger partial charge in [0, 0.05) is 17.9 Å². The van der Waals surface area contributed by atoms with E-state index in [9.17, 15) is 4.79 Å². The van der Waals surface area contributed by atoms with Crippen molar-refractivity contribution >= 4 is 17.2 Å². The van der Waals surface area contributed by atoms with Crippen LogP contribution < -0.4 is 9.47 Å². The zero-order chi connectivity index (χ0) is 18.5. The van der Waals surface area contributed by atoms with Gasteiger partial charge in [0.1, 0.15) is 17.8 Å². The first-order valence-corrected chi connectivity index (χ1v) is 8.87. The highest BCUT2D eigenvalue weighted by Gasteiger charge is 2.08. The number of aryl methyl sites for hydroxylation is 1. The summed E-state index contributed by atoms with van der Waals surface area (Å²) in [5.41, 5.74) is 2.82. The van der Waals surface area contributed by atoms with Gasteiger partial charge in [-0.15, -0.1) is 0 Å². The smallest absolute Gasteiger partial charge is 0.219 e. The van der Waals surface area contributed by atoms with Crippen LogP contribution >= 0.6 is 0 Å². The van der Waals surface area contributed by atoms with Crippen molar-refractivity contribution in [3.8, 4) is 17.4 Å². The van der Waals surface area contributed by atoms with Gasteiger partial charge in [-0.25, -0.2) is 4.98 Å². The lowest BCUT2D eigenvalue weighted by Crippen LogP contribution is -2.09. The van der Waals surface area contributed by atoms with Crippen LogP contribution in [-0.4, -0.2) is 17.4 Å². The number of aromatic nitrogens is 1. The fraction of sp³-hybridized carbons (Fsp3) is 0.273. The van der Waals surface area contributed by atoms with Crippen molar-refractivity contribution in [3.63, 3.8) is 0 Å². The number of rotatable bonds is 7. The van der Waals surface area contributed by atoms with Gasteiger partial charge in [-0.3, -0.25) is 0 Å². The van der Waals surface area contributed by atoms with Crippen molar-refractivity contribution in [1.82, 2.24) is 4.98 Å². The number of hydrogen-bond acceptors (Lipinski definition) is 4. The van der Waals surface area contributed by atoms with Crippen molar-refractivity contribution in [3.05, 3.63) is 59.7 Å². The van der Waals surface area contributed by atoms with E-state index in [0.29, 0.717) is 12.3 Å². The number of aldehydes is 1. The summed E-state index contributed by atoms with van der Waals surface area (Å²) >= 11 is 0. The molecular formula is C22H23NO3. The first kappa shape index (κ1) is 17.9. The third-order valence-electron chi connectivity index (χ3n) is 4.32. The van der Waals surface area contributed by atoms with E-state index < -0.39 is 0 Å². The lowest BCUT2D eigenvalue weighted by atomic mass is 10.1. The van der Waals surface area contributed by atoms with Crippen LogP contribution in [0, 0.1) is 6.92 Å². The first-order valence-electron chi connectivity index (χ1n) is 8.87. The van der Waals surface area contributed by atoms with Gasteiger partial charge in [-0.05, 0) is 67.8 Å². The molecule has 0 saturated carbocycles. The van der Waals surface area contributed by atoms with Gasteiger partial charge in [0.15, 0.2) is 0 Å². The number of nitrogens with zero attached hydrogens (tertiary/aromatic N) is 1. The van der Waals surface area contributed by atoms with E-state index in [1.807, 2.05) is 55.5 Å². The van der Waals surface area contributed by atoms with Crippen LogP contribution in [0.25, 0.3) is 10.9 Å². The number of fused-ring (bicyclic) bond motifs is 1. The molecule has 134 valence electrons. The van der Waals surface area contributed by atoms with E-state index in [-0.39, 0.29) is 6.10 Å². The Kier molecular flexibility index (Phi) is 5.52. The third-order valence-corrected chi connectivity index (χ3v) is 4.32. The molecule has 0 saturated heterocycles. The third kappa shape index (κ3) is 4.20. The summed E-state index contributed by atoms with van der Waals surface area (Å²) in [6.07, 6.45) is 2.47. The fourth-order valence-corrected chi connectivity index (χ4v) is 2.67. The van der Waals surface area contributed by atoms with Crippen LogP contribution in [0.15, 0.2) is 48.5 Å². The van der Waals surface area contributed by atoms with Crippen LogP contribution in [-0.2, 0) is 11.2 Å². The number of ether oxygens (including phenoxy) is 2. The molecular weight excluding hydrogens is 326 g/mol. The molecule has 0 spiro atoms. The van der Waals surface area contributed by atoms with Crippen LogP contribution in [0.5, 0.6) is 17.4 Å². The van der Waals surface area contributed by atoms with Crippen molar-refractivity contribution in [2.75, 3.05) is 0 Å². The number of carbonyl (C=O) groups is 1. The average molecular weight is 349 g/mol. The molecule has 2 aromatic carbocycles. The second-order valence-corrected chi connectivity index (χ2v) is 6.41. The van der Waals surface area contributed by atoms with Crippen molar-refractivity contribution in [2.24, 2.45) is 0 Å². The molecule has 1 unspecified atom stereocenters. The summed E-state index contributed by atoms with van der Waals surface area (Å²) in [6.45, 7) is 6.15. The van der Waals surface area contributed by atoms with Gasteiger partial charge in [0.2, 0.25) is 5.88 Å². The number of hydrogen-bond donors (Lipinski definition) is 0. The molecule has 26 heavy (non-hydrogen) atoms. The van der Waals surface area contributed by atoms with Crippen LogP contribution in [0.3, 0.4) is 0 Å². The number of benzene rings is 2. The molecule has 0 fully saturated rings. The first-order chi connectivity index (χ1) is 12.6. The Hall–Kier alpha value is -2.88. The number of pyridine rings is 1. The molecule has 1 heterocycles. The molecule has 0 aliphatic carbocycles. The Morgan fingerprint density at radius 2 is 1.96 bits per heavy atom. The van der Waals surface area contributed by atoms with Crippen molar-refractivity contribution in [2.45, 2.75) is 39.7 Å². The molecule has 0 aliphatic rings. The predicted octanol–water partition coefficient (Wildman–Crippen LogP) is 5.25. The largest absolute Gasteiger partial charge is 0.491 e. The molecule has 4 nitrogen and oxygen atoms in total. The minimum atomic E-state index is 0.187. The van der Waals surface area contributed by atoms with Gasteiger partial charge in [-0.2, -0.15) is 0 Å². The van der Waals surface area contributed by atoms with Gasteiger partial charge in [0.25, 0.3) is 0 Å². The molecule has 0 amide bonds. The average Bonchev–Trinajstić information content (AvgIpc) is 2.64. The van der Waals surface area contributed by atoms with Gasteiger partial charge in [0.05, 0.1) is 11.6 Å². The number of carbonyl (C=O) groups excluding carboxylic acids is 1. The molecule has 0 radical (unpaired) electrons. The summed E-state index contributed by atoms with van der Waals surface area (Å²) in [6, 6.07) is 15.4. The minimum Gasteiger partial charge on any atom is -0.491 e. The van der Waals surface area contributed by atoms with Crippen molar-refractivity contribution in [1.29, 1.82) is 0 Å². The zero-order valence-corrected chi connectivity index (χ0v) is 15.4. The molecule has 4 heteroatoms. The Morgan fingerprint density at radius 3 is 2.69 bits per heavy atom. The van der Waals surface area contributed by atoms with E-state index >= 15 is 0 Å². The standard InChI is InChI=1S/C22H23NO3/c1-4-16(3)25-19-7-9-21(15(2)13-19)26-22-10-6-18-14-17(11-12-24)5-8-20(18)23-22/h5-10,12-14,16H,4,11H2,1-3H3. The van der Waals surface area contributed by atoms with Crippen molar-refractivity contribution < 1.29 is 14.3 Å². The Balaban J connectivity index is 1.79. The van der Waals surface area contributed by atoms with Crippen LogP contribution in [0.4, 0.5) is 0 Å². The van der Waals surface area contributed by atoms with E-state index in [0.717, 1.165) is 46.2 Å². The summed E-state index contributed by atoms with van der Waals surface area (Å²) in [7, 11) is 0. The van der Waals surface area contributed by atoms with E-state index in [1.54, 1.807) is 0 Å². The molecule has 0 aliphatic heterocycles. The molecule has 3 rings (SSSR count). The van der Waals surface area contributed by atoms with E-state index in [4.69, 9.17) is 9.47 Å². The monoisotopic (exact) mass is 349 g/mol. The lowest BCUT2D eigenvalue weighted by molar-refractivity contribution is -0.107. The highest BCUT2D eigenvalue weighted by molar-refractivity contribution is 5.80. The Labute approximate surface area is 153 Å².